The molecule has 0 saturated carbocycles. The van der Waals surface area contributed by atoms with Crippen molar-refractivity contribution < 1.29 is 32.3 Å². The third-order valence-electron chi connectivity index (χ3n) is 11.2. The molecule has 2 fully saturated rings. The van der Waals surface area contributed by atoms with Gasteiger partial charge in [-0.3, -0.25) is 4.79 Å². The van der Waals surface area contributed by atoms with E-state index in [1.54, 1.807) is 0 Å². The summed E-state index contributed by atoms with van der Waals surface area (Å²) in [4.78, 5) is 12.4. The topological polar surface area (TPSA) is 72.5 Å². The first-order valence-corrected chi connectivity index (χ1v) is 29.8. The molecule has 7 atom stereocenters. The standard InChI is InChI=1S/C35H72O7Si4/c1-33(2,3)44(14,15)40-27(22-23-43(11,12)13)30-32(42-46(18,19)35(7,8)9)31(41-45(16,17)34(4,5)6)29-26(39-30)21-20-25(38-29)24-28(36)37-10/h22-23,25-27,29-32H,20-21,24H2,1-19H3/b23-22+/t25?,26-,27-,29-,30-,31?,32?/m0/s1. The van der Waals surface area contributed by atoms with Gasteiger partial charge >= 0.3 is 5.97 Å². The fourth-order valence-electron chi connectivity index (χ4n) is 5.08. The van der Waals surface area contributed by atoms with Gasteiger partial charge in [-0.25, -0.2) is 0 Å². The second-order valence-electron chi connectivity index (χ2n) is 19.5. The van der Waals surface area contributed by atoms with Crippen LogP contribution in [0, 0.1) is 0 Å². The first-order chi connectivity index (χ1) is 20.4. The molecule has 0 aromatic heterocycles. The van der Waals surface area contributed by atoms with Crippen molar-refractivity contribution in [1.82, 2.24) is 0 Å². The van der Waals surface area contributed by atoms with Crippen LogP contribution >= 0.6 is 0 Å². The molecule has 46 heavy (non-hydrogen) atoms. The van der Waals surface area contributed by atoms with E-state index in [9.17, 15) is 4.79 Å². The molecule has 2 aliphatic rings. The van der Waals surface area contributed by atoms with E-state index >= 15 is 0 Å². The van der Waals surface area contributed by atoms with Crippen LogP contribution in [0.3, 0.4) is 0 Å². The third kappa shape index (κ3) is 10.7. The lowest BCUT2D eigenvalue weighted by Gasteiger charge is -2.56. The lowest BCUT2D eigenvalue weighted by Crippen LogP contribution is -2.69. The van der Waals surface area contributed by atoms with E-state index in [1.807, 2.05) is 0 Å². The van der Waals surface area contributed by atoms with Crippen LogP contribution in [0.5, 0.6) is 0 Å². The van der Waals surface area contributed by atoms with E-state index in [1.165, 1.54) is 7.11 Å². The Kier molecular flexibility index (Phi) is 13.4. The molecule has 0 radical (unpaired) electrons. The van der Waals surface area contributed by atoms with E-state index in [0.717, 1.165) is 12.8 Å². The minimum atomic E-state index is -2.34. The van der Waals surface area contributed by atoms with Gasteiger partial charge in [0.2, 0.25) is 0 Å². The van der Waals surface area contributed by atoms with Gasteiger partial charge in [-0.1, -0.05) is 93.7 Å². The Morgan fingerprint density at radius 3 is 1.65 bits per heavy atom. The molecule has 0 spiro atoms. The van der Waals surface area contributed by atoms with Crippen LogP contribution in [0.25, 0.3) is 0 Å². The molecule has 0 bridgehead atoms. The van der Waals surface area contributed by atoms with Gasteiger partial charge in [-0.2, -0.15) is 0 Å². The van der Waals surface area contributed by atoms with Crippen molar-refractivity contribution in [2.24, 2.45) is 0 Å². The summed E-state index contributed by atoms with van der Waals surface area (Å²) in [6.07, 6.45) is 1.77. The lowest BCUT2D eigenvalue weighted by molar-refractivity contribution is -0.266. The molecule has 7 nitrogen and oxygen atoms in total. The summed E-state index contributed by atoms with van der Waals surface area (Å²) in [7, 11) is -7.01. The minimum absolute atomic E-state index is 0.0211. The average Bonchev–Trinajstić information content (AvgIpc) is 2.85. The zero-order chi connectivity index (χ0) is 35.9. The van der Waals surface area contributed by atoms with Crippen LogP contribution in [0.2, 0.25) is 74.0 Å². The second-order valence-corrected chi connectivity index (χ2v) is 38.8. The largest absolute Gasteiger partial charge is 0.469 e. The fraction of sp³-hybridized carbons (Fsp3) is 0.914. The minimum Gasteiger partial charge on any atom is -0.469 e. The number of rotatable bonds is 11. The first-order valence-electron chi connectivity index (χ1n) is 17.5. The Balaban J connectivity index is 2.82. The highest BCUT2D eigenvalue weighted by Crippen LogP contribution is 2.47. The first kappa shape index (κ1) is 42.0. The van der Waals surface area contributed by atoms with E-state index < -0.39 is 39.1 Å². The fourth-order valence-corrected chi connectivity index (χ4v) is 9.70. The van der Waals surface area contributed by atoms with Crippen LogP contribution in [-0.2, 0) is 32.3 Å². The zero-order valence-corrected chi connectivity index (χ0v) is 37.2. The summed E-state index contributed by atoms with van der Waals surface area (Å²) in [5, 5.41) is -0.0231. The Morgan fingerprint density at radius 2 is 1.22 bits per heavy atom. The molecule has 2 rings (SSSR count). The molecule has 2 saturated heterocycles. The van der Waals surface area contributed by atoms with E-state index in [0.29, 0.717) is 0 Å². The van der Waals surface area contributed by atoms with Crippen LogP contribution in [0.4, 0.5) is 0 Å². The molecule has 0 aromatic rings. The molecule has 0 aliphatic carbocycles. The number of fused-ring (bicyclic) bond motifs is 1. The van der Waals surface area contributed by atoms with Crippen molar-refractivity contribution >= 4 is 39.0 Å². The second kappa shape index (κ2) is 14.6. The molecule has 0 amide bonds. The maximum atomic E-state index is 12.4. The molecule has 2 heterocycles. The number of methoxy groups -OCH3 is 1. The molecule has 0 aromatic carbocycles. The molecule has 2 aliphatic heterocycles. The van der Waals surface area contributed by atoms with Crippen molar-refractivity contribution in [3.8, 4) is 0 Å². The number of hydrogen-bond donors (Lipinski definition) is 0. The van der Waals surface area contributed by atoms with E-state index in [2.05, 4.69) is 133 Å². The molecule has 270 valence electrons. The summed E-state index contributed by atoms with van der Waals surface area (Å²) >= 11 is 0. The number of esters is 1. The van der Waals surface area contributed by atoms with E-state index in [4.69, 9.17) is 27.5 Å². The van der Waals surface area contributed by atoms with Crippen LogP contribution in [0.15, 0.2) is 11.8 Å². The number of ether oxygens (including phenoxy) is 3. The van der Waals surface area contributed by atoms with Gasteiger partial charge in [0.25, 0.3) is 0 Å². The Morgan fingerprint density at radius 1 is 0.739 bits per heavy atom. The lowest BCUT2D eigenvalue weighted by atomic mass is 9.87. The van der Waals surface area contributed by atoms with Gasteiger partial charge in [0.1, 0.15) is 24.4 Å². The van der Waals surface area contributed by atoms with E-state index in [-0.39, 0.29) is 64.1 Å². The smallest absolute Gasteiger partial charge is 0.308 e. The van der Waals surface area contributed by atoms with Crippen molar-refractivity contribution in [3.63, 3.8) is 0 Å². The van der Waals surface area contributed by atoms with Gasteiger partial charge in [0.05, 0.1) is 39.9 Å². The maximum absolute atomic E-state index is 12.4. The van der Waals surface area contributed by atoms with Gasteiger partial charge < -0.3 is 27.5 Å². The van der Waals surface area contributed by atoms with Crippen LogP contribution in [-0.4, -0.2) is 88.8 Å². The van der Waals surface area contributed by atoms with Crippen molar-refractivity contribution in [1.29, 1.82) is 0 Å². The van der Waals surface area contributed by atoms with Crippen molar-refractivity contribution in [2.45, 2.75) is 198 Å². The van der Waals surface area contributed by atoms with Gasteiger partial charge in [-0.05, 0) is 67.2 Å². The Hall–Kier alpha value is -0.122. The van der Waals surface area contributed by atoms with Gasteiger partial charge in [-0.15, -0.1) is 0 Å². The predicted octanol–water partition coefficient (Wildman–Crippen LogP) is 9.47. The highest BCUT2D eigenvalue weighted by molar-refractivity contribution is 6.81. The maximum Gasteiger partial charge on any atom is 0.308 e. The number of carbonyl (C=O) groups is 1. The van der Waals surface area contributed by atoms with Crippen molar-refractivity contribution in [3.05, 3.63) is 11.8 Å². The molecular weight excluding hydrogens is 645 g/mol. The number of hydrogen-bond acceptors (Lipinski definition) is 7. The highest BCUT2D eigenvalue weighted by Gasteiger charge is 2.57. The monoisotopic (exact) mass is 716 g/mol. The molecule has 11 heteroatoms. The van der Waals surface area contributed by atoms with Crippen LogP contribution in [0.1, 0.15) is 81.6 Å². The van der Waals surface area contributed by atoms with Gasteiger partial charge in [0, 0.05) is 0 Å². The summed E-state index contributed by atoms with van der Waals surface area (Å²) in [5.74, 6) is -0.256. The average molecular weight is 717 g/mol. The summed E-state index contributed by atoms with van der Waals surface area (Å²) < 4.78 is 41.3. The summed E-state index contributed by atoms with van der Waals surface area (Å²) in [5.41, 5.74) is 2.40. The predicted molar refractivity (Wildman–Crippen MR) is 202 cm³/mol. The zero-order valence-electron chi connectivity index (χ0n) is 33.2. The quantitative estimate of drug-likeness (QED) is 0.156. The Bertz CT molecular complexity index is 1050. The molecule has 0 N–H and O–H groups in total. The Labute approximate surface area is 287 Å². The van der Waals surface area contributed by atoms with Crippen LogP contribution < -0.4 is 0 Å². The highest BCUT2D eigenvalue weighted by atomic mass is 28.4. The molecule has 3 unspecified atom stereocenters. The van der Waals surface area contributed by atoms with Crippen molar-refractivity contribution in [2.75, 3.05) is 7.11 Å². The normalized spacial score (nSPS) is 28.2. The summed E-state index contributed by atoms with van der Waals surface area (Å²) in [6, 6.07) is 0. The molecular formula is C35H72O7Si4. The summed E-state index contributed by atoms with van der Waals surface area (Å²) in [6.45, 7) is 41.5. The van der Waals surface area contributed by atoms with Gasteiger partial charge in [0.15, 0.2) is 25.0 Å². The SMILES string of the molecule is COC(=O)CC1CC[C@@H]2O[C@@H]([C@H](/C=C/[Si](C)(C)C)O[Si](C)(C)C(C)(C)C)C(O[Si](C)(C)C(C)(C)C)C(O[Si](C)(C)C(C)(C)C)[C@H]2O1. The third-order valence-corrected chi connectivity index (χ3v) is 25.8. The number of carbonyl (C=O) groups excluding carboxylic acids is 1.